The van der Waals surface area contributed by atoms with Crippen LogP contribution in [0.15, 0.2) is 0 Å². The number of hydrogen-bond acceptors (Lipinski definition) is 2. The minimum absolute atomic E-state index is 0.190. The SMILES string of the molecule is CCCC(C)C(O)CCN. The van der Waals surface area contributed by atoms with E-state index in [9.17, 15) is 5.11 Å². The maximum absolute atomic E-state index is 9.37. The molecular formula is C8H19NO. The fourth-order valence-electron chi connectivity index (χ4n) is 1.10. The summed E-state index contributed by atoms with van der Waals surface area (Å²) in [6, 6.07) is 0. The molecule has 2 nitrogen and oxygen atoms in total. The third kappa shape index (κ3) is 3.85. The topological polar surface area (TPSA) is 46.2 Å². The Labute approximate surface area is 63.4 Å². The second-order valence-electron chi connectivity index (χ2n) is 2.91. The van der Waals surface area contributed by atoms with Gasteiger partial charge in [0, 0.05) is 0 Å². The smallest absolute Gasteiger partial charge is 0.0577 e. The lowest BCUT2D eigenvalue weighted by Crippen LogP contribution is -2.21. The molecule has 0 rings (SSSR count). The molecule has 2 unspecified atom stereocenters. The molecule has 0 saturated heterocycles. The van der Waals surface area contributed by atoms with Crippen molar-refractivity contribution < 1.29 is 5.11 Å². The van der Waals surface area contributed by atoms with Crippen molar-refractivity contribution in [1.29, 1.82) is 0 Å². The van der Waals surface area contributed by atoms with Crippen molar-refractivity contribution in [3.8, 4) is 0 Å². The van der Waals surface area contributed by atoms with Gasteiger partial charge in [0.2, 0.25) is 0 Å². The molecule has 0 aromatic heterocycles. The highest BCUT2D eigenvalue weighted by atomic mass is 16.3. The van der Waals surface area contributed by atoms with Crippen molar-refractivity contribution in [3.63, 3.8) is 0 Å². The fraction of sp³-hybridized carbons (Fsp3) is 1.00. The van der Waals surface area contributed by atoms with Gasteiger partial charge in [0.05, 0.1) is 6.10 Å². The third-order valence-electron chi connectivity index (χ3n) is 1.86. The van der Waals surface area contributed by atoms with Crippen molar-refractivity contribution in [2.24, 2.45) is 11.7 Å². The van der Waals surface area contributed by atoms with Crippen LogP contribution in [0, 0.1) is 5.92 Å². The predicted octanol–water partition coefficient (Wildman–Crippen LogP) is 1.13. The molecule has 0 radical (unpaired) electrons. The fourth-order valence-corrected chi connectivity index (χ4v) is 1.10. The summed E-state index contributed by atoms with van der Waals surface area (Å²) in [5.74, 6) is 0.411. The van der Waals surface area contributed by atoms with Gasteiger partial charge in [-0.25, -0.2) is 0 Å². The van der Waals surface area contributed by atoms with E-state index in [4.69, 9.17) is 5.73 Å². The largest absolute Gasteiger partial charge is 0.393 e. The number of hydrogen-bond donors (Lipinski definition) is 2. The molecule has 0 spiro atoms. The average Bonchev–Trinajstić information content (AvgIpc) is 1.89. The van der Waals surface area contributed by atoms with E-state index in [1.54, 1.807) is 0 Å². The van der Waals surface area contributed by atoms with Gasteiger partial charge in [0.15, 0.2) is 0 Å². The summed E-state index contributed by atoms with van der Waals surface area (Å²) in [7, 11) is 0. The third-order valence-corrected chi connectivity index (χ3v) is 1.86. The lowest BCUT2D eigenvalue weighted by Gasteiger charge is -2.16. The summed E-state index contributed by atoms with van der Waals surface area (Å²) >= 11 is 0. The minimum Gasteiger partial charge on any atom is -0.393 e. The zero-order valence-electron chi connectivity index (χ0n) is 7.01. The lowest BCUT2D eigenvalue weighted by molar-refractivity contribution is 0.105. The van der Waals surface area contributed by atoms with E-state index in [-0.39, 0.29) is 6.10 Å². The first-order chi connectivity index (χ1) is 4.72. The molecule has 0 amide bonds. The van der Waals surface area contributed by atoms with Crippen LogP contribution in [0.5, 0.6) is 0 Å². The summed E-state index contributed by atoms with van der Waals surface area (Å²) in [5.41, 5.74) is 5.30. The predicted molar refractivity (Wildman–Crippen MR) is 43.8 cm³/mol. The van der Waals surface area contributed by atoms with Crippen LogP contribution in [-0.2, 0) is 0 Å². The molecule has 0 aliphatic rings. The molecule has 0 aromatic rings. The first-order valence-electron chi connectivity index (χ1n) is 4.10. The van der Waals surface area contributed by atoms with Crippen LogP contribution in [0.2, 0.25) is 0 Å². The summed E-state index contributed by atoms with van der Waals surface area (Å²) < 4.78 is 0. The molecule has 3 N–H and O–H groups in total. The van der Waals surface area contributed by atoms with Crippen LogP contribution in [0.3, 0.4) is 0 Å². The molecule has 0 fully saturated rings. The Morgan fingerprint density at radius 3 is 2.40 bits per heavy atom. The zero-order chi connectivity index (χ0) is 7.98. The van der Waals surface area contributed by atoms with Gasteiger partial charge in [-0.1, -0.05) is 20.3 Å². The Bertz CT molecular complexity index is 65.7. The van der Waals surface area contributed by atoms with E-state index < -0.39 is 0 Å². The zero-order valence-corrected chi connectivity index (χ0v) is 7.01. The van der Waals surface area contributed by atoms with Crippen LogP contribution in [0.4, 0.5) is 0 Å². The quantitative estimate of drug-likeness (QED) is 0.609. The second-order valence-corrected chi connectivity index (χ2v) is 2.91. The van der Waals surface area contributed by atoms with E-state index in [2.05, 4.69) is 13.8 Å². The Hall–Kier alpha value is -0.0800. The molecule has 0 heterocycles. The Kier molecular flexibility index (Phi) is 5.64. The normalized spacial score (nSPS) is 16.8. The Morgan fingerprint density at radius 2 is 2.00 bits per heavy atom. The van der Waals surface area contributed by atoms with Crippen molar-refractivity contribution in [1.82, 2.24) is 0 Å². The first-order valence-corrected chi connectivity index (χ1v) is 4.10. The van der Waals surface area contributed by atoms with Gasteiger partial charge in [0.25, 0.3) is 0 Å². The van der Waals surface area contributed by atoms with Crippen molar-refractivity contribution in [3.05, 3.63) is 0 Å². The van der Waals surface area contributed by atoms with E-state index in [0.29, 0.717) is 12.5 Å². The van der Waals surface area contributed by atoms with Gasteiger partial charge >= 0.3 is 0 Å². The molecule has 0 saturated carbocycles. The minimum atomic E-state index is -0.190. The van der Waals surface area contributed by atoms with Gasteiger partial charge in [-0.2, -0.15) is 0 Å². The van der Waals surface area contributed by atoms with E-state index in [1.807, 2.05) is 0 Å². The highest BCUT2D eigenvalue weighted by molar-refractivity contribution is 4.63. The molecule has 2 heteroatoms. The summed E-state index contributed by atoms with van der Waals surface area (Å²) in [4.78, 5) is 0. The Morgan fingerprint density at radius 1 is 1.40 bits per heavy atom. The van der Waals surface area contributed by atoms with Crippen LogP contribution in [0.1, 0.15) is 33.1 Å². The molecule has 0 aliphatic heterocycles. The van der Waals surface area contributed by atoms with Crippen LogP contribution in [-0.4, -0.2) is 17.8 Å². The summed E-state index contributed by atoms with van der Waals surface area (Å²) in [5, 5.41) is 9.37. The number of nitrogens with two attached hydrogens (primary N) is 1. The standard InChI is InChI=1S/C8H19NO/c1-3-4-7(2)8(10)5-6-9/h7-8,10H,3-6,9H2,1-2H3. The van der Waals surface area contributed by atoms with Crippen LogP contribution >= 0.6 is 0 Å². The molecule has 0 bridgehead atoms. The maximum Gasteiger partial charge on any atom is 0.0577 e. The lowest BCUT2D eigenvalue weighted by atomic mass is 9.97. The Balaban J connectivity index is 3.38. The highest BCUT2D eigenvalue weighted by Gasteiger charge is 2.11. The van der Waals surface area contributed by atoms with Gasteiger partial charge in [-0.15, -0.1) is 0 Å². The van der Waals surface area contributed by atoms with Gasteiger partial charge in [-0.05, 0) is 25.3 Å². The maximum atomic E-state index is 9.37. The molecular weight excluding hydrogens is 126 g/mol. The molecule has 62 valence electrons. The molecule has 0 aliphatic carbocycles. The summed E-state index contributed by atoms with van der Waals surface area (Å²) in [6.07, 6.45) is 2.79. The van der Waals surface area contributed by atoms with E-state index in [1.165, 1.54) is 0 Å². The van der Waals surface area contributed by atoms with Crippen LogP contribution < -0.4 is 5.73 Å². The van der Waals surface area contributed by atoms with Crippen molar-refractivity contribution >= 4 is 0 Å². The van der Waals surface area contributed by atoms with E-state index in [0.717, 1.165) is 19.3 Å². The first kappa shape index (κ1) is 9.92. The molecule has 0 aromatic carbocycles. The summed E-state index contributed by atoms with van der Waals surface area (Å²) in [6.45, 7) is 4.80. The van der Waals surface area contributed by atoms with Crippen LogP contribution in [0.25, 0.3) is 0 Å². The number of rotatable bonds is 5. The van der Waals surface area contributed by atoms with Crippen molar-refractivity contribution in [2.45, 2.75) is 39.2 Å². The monoisotopic (exact) mass is 145 g/mol. The van der Waals surface area contributed by atoms with E-state index >= 15 is 0 Å². The molecule has 10 heavy (non-hydrogen) atoms. The second kappa shape index (κ2) is 5.69. The number of aliphatic hydroxyl groups is 1. The number of aliphatic hydroxyl groups excluding tert-OH is 1. The van der Waals surface area contributed by atoms with Gasteiger partial charge < -0.3 is 10.8 Å². The van der Waals surface area contributed by atoms with Gasteiger partial charge in [0.1, 0.15) is 0 Å². The van der Waals surface area contributed by atoms with Gasteiger partial charge in [-0.3, -0.25) is 0 Å². The molecule has 2 atom stereocenters. The van der Waals surface area contributed by atoms with Crippen molar-refractivity contribution in [2.75, 3.05) is 6.54 Å². The highest BCUT2D eigenvalue weighted by Crippen LogP contribution is 2.12. The average molecular weight is 145 g/mol.